The fourth-order valence-electron chi connectivity index (χ4n) is 2.37. The van der Waals surface area contributed by atoms with Crippen LogP contribution in [0, 0.1) is 6.92 Å². The largest absolute Gasteiger partial charge is 0.452 e. The second-order valence-electron chi connectivity index (χ2n) is 5.44. The van der Waals surface area contributed by atoms with Gasteiger partial charge in [0, 0.05) is 5.39 Å². The van der Waals surface area contributed by atoms with Gasteiger partial charge in [0.1, 0.15) is 17.0 Å². The van der Waals surface area contributed by atoms with E-state index in [1.807, 2.05) is 13.0 Å². The van der Waals surface area contributed by atoms with Crippen molar-refractivity contribution >= 4 is 32.4 Å². The molecule has 2 aromatic carbocycles. The van der Waals surface area contributed by atoms with Gasteiger partial charge in [-0.25, -0.2) is 8.42 Å². The summed E-state index contributed by atoms with van der Waals surface area (Å²) in [7, 11) is -3.76. The number of aryl methyl sites for hydroxylation is 1. The number of hydrazone groups is 1. The summed E-state index contributed by atoms with van der Waals surface area (Å²) in [5, 5.41) is 4.26. The molecule has 0 aliphatic heterocycles. The molecule has 24 heavy (non-hydrogen) atoms. The van der Waals surface area contributed by atoms with Crippen molar-refractivity contribution in [1.82, 2.24) is 0 Å². The summed E-state index contributed by atoms with van der Waals surface area (Å²) in [6, 6.07) is 13.8. The molecule has 0 unspecified atom stereocenters. The number of fused-ring (bicyclic) bond motifs is 1. The average Bonchev–Trinajstić information content (AvgIpc) is 2.93. The molecular formula is C17H17N3O3S. The molecular weight excluding hydrogens is 326 g/mol. The third-order valence-corrected chi connectivity index (χ3v) is 5.05. The SMILES string of the molecule is C/C(=N/N)c1oc2ccccc2c1NS(=O)(=O)c1ccc(C)cc1. The number of sulfonamides is 1. The van der Waals surface area contributed by atoms with Crippen LogP contribution in [0.15, 0.2) is 62.9 Å². The van der Waals surface area contributed by atoms with Crippen molar-refractivity contribution in [3.05, 3.63) is 59.9 Å². The van der Waals surface area contributed by atoms with E-state index >= 15 is 0 Å². The lowest BCUT2D eigenvalue weighted by Crippen LogP contribution is -2.14. The Morgan fingerprint density at radius 2 is 1.79 bits per heavy atom. The van der Waals surface area contributed by atoms with Gasteiger partial charge in [0.2, 0.25) is 0 Å². The van der Waals surface area contributed by atoms with Gasteiger partial charge in [0.05, 0.1) is 4.90 Å². The molecule has 0 spiro atoms. The van der Waals surface area contributed by atoms with Gasteiger partial charge in [-0.1, -0.05) is 29.8 Å². The van der Waals surface area contributed by atoms with E-state index in [0.29, 0.717) is 28.1 Å². The molecule has 0 aliphatic carbocycles. The molecule has 7 heteroatoms. The number of hydrogen-bond donors (Lipinski definition) is 2. The van der Waals surface area contributed by atoms with E-state index < -0.39 is 10.0 Å². The fraction of sp³-hybridized carbons (Fsp3) is 0.118. The van der Waals surface area contributed by atoms with Crippen molar-refractivity contribution in [2.24, 2.45) is 10.9 Å². The van der Waals surface area contributed by atoms with E-state index in [1.165, 1.54) is 0 Å². The van der Waals surface area contributed by atoms with Crippen molar-refractivity contribution in [3.8, 4) is 0 Å². The molecule has 3 rings (SSSR count). The maximum atomic E-state index is 12.7. The second kappa shape index (κ2) is 6.01. The molecule has 0 radical (unpaired) electrons. The number of nitrogens with two attached hydrogens (primary N) is 1. The van der Waals surface area contributed by atoms with Crippen LogP contribution in [-0.2, 0) is 10.0 Å². The topological polar surface area (TPSA) is 97.7 Å². The van der Waals surface area contributed by atoms with Gasteiger partial charge in [-0.05, 0) is 38.1 Å². The molecule has 6 nitrogen and oxygen atoms in total. The third-order valence-electron chi connectivity index (χ3n) is 3.69. The minimum Gasteiger partial charge on any atom is -0.452 e. The molecule has 1 heterocycles. The van der Waals surface area contributed by atoms with Crippen molar-refractivity contribution in [2.45, 2.75) is 18.7 Å². The van der Waals surface area contributed by atoms with Crippen molar-refractivity contribution in [1.29, 1.82) is 0 Å². The maximum Gasteiger partial charge on any atom is 0.262 e. The first-order valence-corrected chi connectivity index (χ1v) is 8.76. The lowest BCUT2D eigenvalue weighted by atomic mass is 10.2. The number of hydrogen-bond acceptors (Lipinski definition) is 5. The van der Waals surface area contributed by atoms with Crippen LogP contribution in [0.3, 0.4) is 0 Å². The van der Waals surface area contributed by atoms with Crippen LogP contribution < -0.4 is 10.6 Å². The van der Waals surface area contributed by atoms with Crippen LogP contribution in [0.5, 0.6) is 0 Å². The first-order valence-electron chi connectivity index (χ1n) is 7.28. The number of anilines is 1. The Hall–Kier alpha value is -2.80. The quantitative estimate of drug-likeness (QED) is 0.432. The minimum absolute atomic E-state index is 0.173. The summed E-state index contributed by atoms with van der Waals surface area (Å²) in [6.45, 7) is 3.55. The van der Waals surface area contributed by atoms with Gasteiger partial charge in [-0.15, -0.1) is 0 Å². The number of nitrogens with one attached hydrogen (secondary N) is 1. The predicted octanol–water partition coefficient (Wildman–Crippen LogP) is 3.22. The molecule has 0 aliphatic rings. The van der Waals surface area contributed by atoms with Crippen molar-refractivity contribution in [2.75, 3.05) is 4.72 Å². The molecule has 3 aromatic rings. The molecule has 1 aromatic heterocycles. The van der Waals surface area contributed by atoms with E-state index in [0.717, 1.165) is 5.56 Å². The minimum atomic E-state index is -3.76. The average molecular weight is 343 g/mol. The number of benzene rings is 2. The molecule has 3 N–H and O–H groups in total. The number of nitrogens with zero attached hydrogens (tertiary/aromatic N) is 1. The molecule has 124 valence electrons. The molecule has 0 saturated carbocycles. The Bertz CT molecular complexity index is 1020. The normalized spacial score (nSPS) is 12.5. The zero-order valence-electron chi connectivity index (χ0n) is 13.3. The van der Waals surface area contributed by atoms with Crippen LogP contribution in [0.2, 0.25) is 0 Å². The standard InChI is InChI=1S/C17H17N3O3S/c1-11-7-9-13(10-8-11)24(21,22)20-16-14-5-3-4-6-15(14)23-17(16)12(2)19-18/h3-10,20H,18H2,1-2H3/b19-12-. The molecule has 0 fully saturated rings. The van der Waals surface area contributed by atoms with Gasteiger partial charge in [-0.3, -0.25) is 4.72 Å². The van der Waals surface area contributed by atoms with E-state index in [9.17, 15) is 8.42 Å². The maximum absolute atomic E-state index is 12.7. The van der Waals surface area contributed by atoms with E-state index in [1.54, 1.807) is 49.4 Å². The molecule has 0 amide bonds. The highest BCUT2D eigenvalue weighted by Crippen LogP contribution is 2.33. The summed E-state index contributed by atoms with van der Waals surface area (Å²) in [4.78, 5) is 0.173. The van der Waals surface area contributed by atoms with E-state index in [4.69, 9.17) is 10.3 Å². The van der Waals surface area contributed by atoms with Crippen LogP contribution in [0.4, 0.5) is 5.69 Å². The Morgan fingerprint density at radius 1 is 1.12 bits per heavy atom. The lowest BCUT2D eigenvalue weighted by molar-refractivity contribution is 0.597. The molecule has 0 bridgehead atoms. The molecule has 0 atom stereocenters. The number of rotatable bonds is 4. The molecule has 0 saturated heterocycles. The first-order chi connectivity index (χ1) is 11.4. The van der Waals surface area contributed by atoms with Gasteiger partial charge in [0.15, 0.2) is 5.76 Å². The fourth-order valence-corrected chi connectivity index (χ4v) is 3.45. The van der Waals surface area contributed by atoms with E-state index in [-0.39, 0.29) is 4.90 Å². The monoisotopic (exact) mass is 343 g/mol. The van der Waals surface area contributed by atoms with Crippen molar-refractivity contribution in [3.63, 3.8) is 0 Å². The lowest BCUT2D eigenvalue weighted by Gasteiger charge is -2.09. The Kier molecular flexibility index (Phi) is 4.02. The summed E-state index contributed by atoms with van der Waals surface area (Å²) in [6.07, 6.45) is 0. The Labute approximate surface area is 140 Å². The number of furan rings is 1. The van der Waals surface area contributed by atoms with Gasteiger partial charge in [0.25, 0.3) is 10.0 Å². The summed E-state index contributed by atoms with van der Waals surface area (Å²) in [5.74, 6) is 5.64. The van der Waals surface area contributed by atoms with Gasteiger partial charge in [-0.2, -0.15) is 5.10 Å². The van der Waals surface area contributed by atoms with Crippen LogP contribution >= 0.6 is 0 Å². The summed E-state index contributed by atoms with van der Waals surface area (Å²) in [5.41, 5.74) is 2.26. The second-order valence-corrected chi connectivity index (χ2v) is 7.12. The van der Waals surface area contributed by atoms with Crippen LogP contribution in [-0.4, -0.2) is 14.1 Å². The highest BCUT2D eigenvalue weighted by atomic mass is 32.2. The smallest absolute Gasteiger partial charge is 0.262 e. The zero-order chi connectivity index (χ0) is 17.3. The third kappa shape index (κ3) is 2.85. The summed E-state index contributed by atoms with van der Waals surface area (Å²) >= 11 is 0. The highest BCUT2D eigenvalue weighted by molar-refractivity contribution is 7.92. The van der Waals surface area contributed by atoms with Crippen LogP contribution in [0.25, 0.3) is 11.0 Å². The predicted molar refractivity (Wildman–Crippen MR) is 94.6 cm³/mol. The first kappa shape index (κ1) is 16.1. The van der Waals surface area contributed by atoms with Gasteiger partial charge >= 0.3 is 0 Å². The highest BCUT2D eigenvalue weighted by Gasteiger charge is 2.22. The summed E-state index contributed by atoms with van der Waals surface area (Å²) < 4.78 is 33.7. The van der Waals surface area contributed by atoms with Crippen molar-refractivity contribution < 1.29 is 12.8 Å². The Morgan fingerprint density at radius 3 is 2.46 bits per heavy atom. The van der Waals surface area contributed by atoms with Gasteiger partial charge < -0.3 is 10.3 Å². The van der Waals surface area contributed by atoms with E-state index in [2.05, 4.69) is 9.82 Å². The van der Waals surface area contributed by atoms with Crippen LogP contribution in [0.1, 0.15) is 18.2 Å². The Balaban J connectivity index is 2.13. The number of para-hydroxylation sites is 1. The zero-order valence-corrected chi connectivity index (χ0v) is 14.1.